The van der Waals surface area contributed by atoms with Gasteiger partial charge in [0.2, 0.25) is 5.91 Å². The molecule has 0 aromatic heterocycles. The van der Waals surface area contributed by atoms with E-state index in [2.05, 4.69) is 29.3 Å². The van der Waals surface area contributed by atoms with E-state index >= 15 is 0 Å². The fourth-order valence-corrected chi connectivity index (χ4v) is 3.30. The largest absolute Gasteiger partial charge is 0.356 e. The van der Waals surface area contributed by atoms with Crippen LogP contribution in [0.2, 0.25) is 0 Å². The molecule has 0 radical (unpaired) electrons. The van der Waals surface area contributed by atoms with Crippen molar-refractivity contribution >= 4 is 5.91 Å². The molecule has 3 heteroatoms. The SMILES string of the molecule is CCCCNC(=O)C1CCN(C[C@@H]2CC=CCC2)CC1. The minimum absolute atomic E-state index is 0.259. The summed E-state index contributed by atoms with van der Waals surface area (Å²) in [6.07, 6.45) is 12.8. The van der Waals surface area contributed by atoms with Crippen LogP contribution in [0.4, 0.5) is 0 Å². The smallest absolute Gasteiger partial charge is 0.223 e. The number of likely N-dealkylation sites (tertiary alicyclic amines) is 1. The maximum absolute atomic E-state index is 12.0. The van der Waals surface area contributed by atoms with Gasteiger partial charge in [0.05, 0.1) is 0 Å². The number of hydrogen-bond donors (Lipinski definition) is 1. The Balaban J connectivity index is 1.64. The second-order valence-corrected chi connectivity index (χ2v) is 6.37. The van der Waals surface area contributed by atoms with Gasteiger partial charge in [0.15, 0.2) is 0 Å². The number of amides is 1. The standard InChI is InChI=1S/C17H30N2O/c1-2-3-11-18-17(20)16-9-12-19(13-10-16)14-15-7-5-4-6-8-15/h4-5,15-16H,2-3,6-14H2,1H3,(H,18,20)/t15-/m1/s1. The van der Waals surface area contributed by atoms with E-state index < -0.39 is 0 Å². The Morgan fingerprint density at radius 2 is 2.05 bits per heavy atom. The first-order chi connectivity index (χ1) is 9.79. The lowest BCUT2D eigenvalue weighted by Crippen LogP contribution is -2.42. The van der Waals surface area contributed by atoms with Crippen LogP contribution in [0.5, 0.6) is 0 Å². The van der Waals surface area contributed by atoms with E-state index in [9.17, 15) is 4.79 Å². The van der Waals surface area contributed by atoms with Gasteiger partial charge >= 0.3 is 0 Å². The van der Waals surface area contributed by atoms with Crippen molar-refractivity contribution in [1.29, 1.82) is 0 Å². The van der Waals surface area contributed by atoms with Crippen LogP contribution in [0, 0.1) is 11.8 Å². The number of nitrogens with one attached hydrogen (secondary N) is 1. The molecule has 0 unspecified atom stereocenters. The number of nitrogens with zero attached hydrogens (tertiary/aromatic N) is 1. The molecule has 2 aliphatic rings. The molecule has 20 heavy (non-hydrogen) atoms. The molecule has 1 atom stereocenters. The molecule has 0 bridgehead atoms. The normalized spacial score (nSPS) is 24.8. The summed E-state index contributed by atoms with van der Waals surface area (Å²) in [6.45, 7) is 6.45. The van der Waals surface area contributed by atoms with Gasteiger partial charge in [-0.05, 0) is 57.5 Å². The van der Waals surface area contributed by atoms with Crippen molar-refractivity contribution in [2.24, 2.45) is 11.8 Å². The minimum Gasteiger partial charge on any atom is -0.356 e. The monoisotopic (exact) mass is 278 g/mol. The molecular weight excluding hydrogens is 248 g/mol. The highest BCUT2D eigenvalue weighted by Crippen LogP contribution is 2.23. The molecule has 3 nitrogen and oxygen atoms in total. The first kappa shape index (κ1) is 15.6. The lowest BCUT2D eigenvalue weighted by Gasteiger charge is -2.34. The Morgan fingerprint density at radius 1 is 1.25 bits per heavy atom. The fraction of sp³-hybridized carbons (Fsp3) is 0.824. The van der Waals surface area contributed by atoms with E-state index in [1.807, 2.05) is 0 Å². The van der Waals surface area contributed by atoms with Crippen molar-refractivity contribution in [1.82, 2.24) is 10.2 Å². The maximum Gasteiger partial charge on any atom is 0.223 e. The van der Waals surface area contributed by atoms with Crippen LogP contribution in [0.3, 0.4) is 0 Å². The van der Waals surface area contributed by atoms with Crippen molar-refractivity contribution < 1.29 is 4.79 Å². The summed E-state index contributed by atoms with van der Waals surface area (Å²) in [5, 5.41) is 3.08. The molecule has 1 amide bonds. The zero-order chi connectivity index (χ0) is 14.2. The van der Waals surface area contributed by atoms with Gasteiger partial charge in [0.25, 0.3) is 0 Å². The Morgan fingerprint density at radius 3 is 2.70 bits per heavy atom. The lowest BCUT2D eigenvalue weighted by atomic mass is 9.91. The van der Waals surface area contributed by atoms with E-state index in [4.69, 9.17) is 0 Å². The number of piperidine rings is 1. The number of rotatable bonds is 6. The number of carbonyl (C=O) groups is 1. The maximum atomic E-state index is 12.0. The van der Waals surface area contributed by atoms with E-state index in [1.54, 1.807) is 0 Å². The summed E-state index contributed by atoms with van der Waals surface area (Å²) in [5.74, 6) is 1.39. The Kier molecular flexibility index (Phi) is 6.58. The number of hydrogen-bond acceptors (Lipinski definition) is 2. The van der Waals surface area contributed by atoms with Crippen molar-refractivity contribution in [3.63, 3.8) is 0 Å². The average molecular weight is 278 g/mol. The predicted octanol–water partition coefficient (Wildman–Crippen LogP) is 2.97. The number of allylic oxidation sites excluding steroid dienone is 2. The van der Waals surface area contributed by atoms with Gasteiger partial charge in [-0.15, -0.1) is 0 Å². The molecule has 0 aromatic carbocycles. The van der Waals surface area contributed by atoms with Gasteiger partial charge in [0.1, 0.15) is 0 Å². The second-order valence-electron chi connectivity index (χ2n) is 6.37. The molecule has 1 saturated heterocycles. The van der Waals surface area contributed by atoms with Gasteiger partial charge in [0, 0.05) is 19.0 Å². The molecule has 1 N–H and O–H groups in total. The summed E-state index contributed by atoms with van der Waals surface area (Å²) < 4.78 is 0. The number of carbonyl (C=O) groups excluding carboxylic acids is 1. The highest BCUT2D eigenvalue weighted by molar-refractivity contribution is 5.78. The average Bonchev–Trinajstić information content (AvgIpc) is 2.49. The molecule has 0 spiro atoms. The molecule has 1 fully saturated rings. The van der Waals surface area contributed by atoms with E-state index in [1.165, 1.54) is 25.8 Å². The number of unbranched alkanes of at least 4 members (excludes halogenated alkanes) is 1. The second kappa shape index (κ2) is 8.46. The third-order valence-corrected chi connectivity index (χ3v) is 4.68. The third kappa shape index (κ3) is 4.93. The van der Waals surface area contributed by atoms with Gasteiger partial charge in [-0.2, -0.15) is 0 Å². The van der Waals surface area contributed by atoms with Gasteiger partial charge in [-0.25, -0.2) is 0 Å². The Labute approximate surface area is 123 Å². The van der Waals surface area contributed by atoms with Crippen molar-refractivity contribution in [2.75, 3.05) is 26.2 Å². The predicted molar refractivity (Wildman–Crippen MR) is 83.6 cm³/mol. The molecule has 0 saturated carbocycles. The molecule has 2 rings (SSSR count). The molecular formula is C17H30N2O. The van der Waals surface area contributed by atoms with Gasteiger partial charge in [-0.3, -0.25) is 4.79 Å². The van der Waals surface area contributed by atoms with Crippen LogP contribution in [0.25, 0.3) is 0 Å². The molecule has 1 aliphatic heterocycles. The minimum atomic E-state index is 0.259. The molecule has 1 aliphatic carbocycles. The van der Waals surface area contributed by atoms with Crippen molar-refractivity contribution in [3.8, 4) is 0 Å². The molecule has 0 aromatic rings. The highest BCUT2D eigenvalue weighted by Gasteiger charge is 2.25. The van der Waals surface area contributed by atoms with Gasteiger partial charge < -0.3 is 10.2 Å². The Bertz CT molecular complexity index is 319. The highest BCUT2D eigenvalue weighted by atomic mass is 16.1. The zero-order valence-electron chi connectivity index (χ0n) is 12.9. The van der Waals surface area contributed by atoms with Crippen molar-refractivity contribution in [2.45, 2.75) is 51.9 Å². The summed E-state index contributed by atoms with van der Waals surface area (Å²) in [5.41, 5.74) is 0. The van der Waals surface area contributed by atoms with Crippen molar-refractivity contribution in [3.05, 3.63) is 12.2 Å². The topological polar surface area (TPSA) is 32.3 Å². The Hall–Kier alpha value is -0.830. The van der Waals surface area contributed by atoms with Crippen LogP contribution < -0.4 is 5.32 Å². The van der Waals surface area contributed by atoms with Crippen LogP contribution in [0.15, 0.2) is 12.2 Å². The lowest BCUT2D eigenvalue weighted by molar-refractivity contribution is -0.126. The first-order valence-corrected chi connectivity index (χ1v) is 8.44. The summed E-state index contributed by atoms with van der Waals surface area (Å²) in [4.78, 5) is 14.6. The molecule has 114 valence electrons. The fourth-order valence-electron chi connectivity index (χ4n) is 3.30. The van der Waals surface area contributed by atoms with Crippen LogP contribution >= 0.6 is 0 Å². The zero-order valence-corrected chi connectivity index (χ0v) is 12.9. The quantitative estimate of drug-likeness (QED) is 0.598. The van der Waals surface area contributed by atoms with E-state index in [-0.39, 0.29) is 5.92 Å². The van der Waals surface area contributed by atoms with Crippen LogP contribution in [-0.2, 0) is 4.79 Å². The van der Waals surface area contributed by atoms with E-state index in [0.29, 0.717) is 5.91 Å². The summed E-state index contributed by atoms with van der Waals surface area (Å²) >= 11 is 0. The summed E-state index contributed by atoms with van der Waals surface area (Å²) in [6, 6.07) is 0. The van der Waals surface area contributed by atoms with Gasteiger partial charge in [-0.1, -0.05) is 25.5 Å². The van der Waals surface area contributed by atoms with Crippen LogP contribution in [-0.4, -0.2) is 37.0 Å². The first-order valence-electron chi connectivity index (χ1n) is 8.44. The molecule has 1 heterocycles. The van der Waals surface area contributed by atoms with Crippen LogP contribution in [0.1, 0.15) is 51.9 Å². The van der Waals surface area contributed by atoms with E-state index in [0.717, 1.165) is 51.2 Å². The summed E-state index contributed by atoms with van der Waals surface area (Å²) in [7, 11) is 0. The third-order valence-electron chi connectivity index (χ3n) is 4.68.